The van der Waals surface area contributed by atoms with E-state index in [4.69, 9.17) is 61.7 Å². The number of hydrogen-bond acceptors (Lipinski definition) is 21. The molecule has 25 nitrogen and oxygen atoms in total. The molecule has 0 saturated carbocycles. The van der Waals surface area contributed by atoms with Crippen LogP contribution in [0.5, 0.6) is 34.5 Å². The first kappa shape index (κ1) is 112. The van der Waals surface area contributed by atoms with Crippen LogP contribution in [0, 0.1) is 13.8 Å². The fourth-order valence-electron chi connectivity index (χ4n) is 16.4. The van der Waals surface area contributed by atoms with Crippen LogP contribution >= 0.6 is 34.9 Å². The van der Waals surface area contributed by atoms with E-state index < -0.39 is 102 Å². The van der Waals surface area contributed by atoms with Crippen LogP contribution < -0.4 is 75.1 Å². The second-order valence-corrected chi connectivity index (χ2v) is 45.2. The Hall–Kier alpha value is -7.38. The molecule has 10 aromatic rings. The van der Waals surface area contributed by atoms with Gasteiger partial charge >= 0.3 is 35.0 Å². The molecule has 1 aliphatic rings. The van der Waals surface area contributed by atoms with Crippen LogP contribution in [-0.4, -0.2) is 184 Å². The Morgan fingerprint density at radius 2 is 0.485 bits per heavy atom. The zero-order valence-electron chi connectivity index (χ0n) is 80.3. The molecule has 8 bridgehead atoms. The van der Waals surface area contributed by atoms with E-state index in [1.165, 1.54) is 65.2 Å². The van der Waals surface area contributed by atoms with Crippen LogP contribution in [-0.2, 0) is 127 Å². The van der Waals surface area contributed by atoms with Gasteiger partial charge in [-0.1, -0.05) is 120 Å². The second-order valence-electron chi connectivity index (χ2n) is 32.9. The van der Waals surface area contributed by atoms with Gasteiger partial charge in [0, 0.05) is 129 Å². The zero-order valence-corrected chi connectivity index (χ0v) is 88.4. The molecule has 0 unspecified atom stereocenters. The normalized spacial score (nSPS) is 12.5. The van der Waals surface area contributed by atoms with E-state index in [-0.39, 0.29) is 163 Å². The second kappa shape index (κ2) is 55.1. The minimum atomic E-state index is -5.30. The Morgan fingerprint density at radius 3 is 0.654 bits per heavy atom. The number of nitrogens with one attached hydrogen (secondary N) is 4. The molecule has 0 heterocycles. The van der Waals surface area contributed by atoms with Crippen LogP contribution in [0.25, 0.3) is 0 Å². The SMILES string of the molecule is CCOCCOc1c2cc(S(=O)(=O)[O-])cc1Cc1cc(S(=O)(=O)[O-])cc(c1OCCOCC)Cc1cc(S(=O)(=O)[O-])cc(c1OCCOCC)Cc1cc(S(=O)(=O)[O-])cc(c1OCCOCC)C2.CC[NH+](CC)Cc1ccc(P(c2ccc(C[NH+](CC)CC)cc2)c2cc(C)ccc2Oc2ccc(C)cc2P(c2ccc(C[NH+](CC)CC)cc2)c2ccc(C[NH+](CC)CC)cc2)cc1.[Cl][Pd][Cl]. The molecule has 0 spiro atoms. The zero-order chi connectivity index (χ0) is 98.9. The summed E-state index contributed by atoms with van der Waals surface area (Å²) in [4.78, 5) is 3.26. The van der Waals surface area contributed by atoms with Crippen LogP contribution in [0.15, 0.2) is 202 Å². The van der Waals surface area contributed by atoms with E-state index in [1.807, 2.05) is 0 Å². The molecule has 0 aliphatic heterocycles. The molecule has 0 amide bonds. The van der Waals surface area contributed by atoms with Crippen molar-refractivity contribution in [3.8, 4) is 34.5 Å². The number of halogens is 2. The average molecular weight is 2120 g/mol. The summed E-state index contributed by atoms with van der Waals surface area (Å²) in [5.74, 6) is 1.59. The molecule has 136 heavy (non-hydrogen) atoms. The third kappa shape index (κ3) is 32.9. The van der Waals surface area contributed by atoms with Crippen molar-refractivity contribution in [3.05, 3.63) is 260 Å². The van der Waals surface area contributed by atoms with E-state index in [2.05, 4.69) is 203 Å². The van der Waals surface area contributed by atoms with Crippen LogP contribution in [0.3, 0.4) is 0 Å². The third-order valence-corrected chi connectivity index (χ3v) is 32.0. The van der Waals surface area contributed by atoms with E-state index in [0.717, 1.165) is 139 Å². The standard InChI is InChI=1S/C58H76N4OP2.C44H56O20S4.2ClH.Pd/c1-11-59(12-2)41-47-21-29-51(30-22-47)64(52-31-23-48(24-32-52)42-60(13-3)14-4)57-39-45(9)19-37-55(57)63-56-38-20-46(10)40-58(56)65(53-33-25-49(26-34-53)43-61(15-5)16-6)54-35-27-50(28-36-54)44-62(17-7)18-8;1-5-57-9-13-61-41-29-17-31-23-38(66(48,49)50)25-33(42(31)62-14-10-58-6-2)19-35-27-40(68(54,55)56)28-36(44(35)64-16-12-60-8-4)20-34-26-39(67(51,52)53)24-32(43(34)63-15-11-59-7-3)18-30(41)22-37(21-29)65(45,46)47;;;/h19-40H,11-18,41-44H2,1-10H3;21-28H,5-20H2,1-4H3,(H,45,46,47)(H,48,49,50)(H,51,52,53)(H,54,55,56);2*1H;/q;;;;+2/p-2. The number of rotatable bonds is 48. The maximum atomic E-state index is 12.9. The van der Waals surface area contributed by atoms with Crippen LogP contribution in [0.4, 0.5) is 0 Å². The van der Waals surface area contributed by atoms with Crippen LogP contribution in [0.1, 0.15) is 161 Å². The van der Waals surface area contributed by atoms with Crippen molar-refractivity contribution in [3.63, 3.8) is 0 Å². The molecule has 34 heteroatoms. The first-order valence-electron chi connectivity index (χ1n) is 46.4. The number of benzene rings is 10. The van der Waals surface area contributed by atoms with Crippen molar-refractivity contribution < 1.29 is 130 Å². The molecule has 0 fully saturated rings. The summed E-state index contributed by atoms with van der Waals surface area (Å²) in [7, 11) is -13.5. The number of hydrogen-bond donors (Lipinski definition) is 4. The molecule has 0 saturated heterocycles. The summed E-state index contributed by atoms with van der Waals surface area (Å²) in [6.45, 7) is 43.4. The molecule has 10 aromatic carbocycles. The summed E-state index contributed by atoms with van der Waals surface area (Å²) >= 11 is -0.106. The fraction of sp³-hybridized carbons (Fsp3) is 0.412. The van der Waals surface area contributed by atoms with Gasteiger partial charge < -0.3 is 80.4 Å². The number of ether oxygens (including phenoxy) is 9. The molecule has 0 radical (unpaired) electrons. The molecule has 11 rings (SSSR count). The third-order valence-electron chi connectivity index (χ3n) is 23.8. The van der Waals surface area contributed by atoms with E-state index in [9.17, 15) is 51.9 Å². The summed E-state index contributed by atoms with van der Waals surface area (Å²) in [5, 5.41) is 7.90. The molecule has 0 atom stereocenters. The van der Waals surface area contributed by atoms with E-state index >= 15 is 0 Å². The monoisotopic (exact) mass is 2110 g/mol. The van der Waals surface area contributed by atoms with Crippen molar-refractivity contribution in [2.45, 2.75) is 168 Å². The van der Waals surface area contributed by atoms with Crippen molar-refractivity contribution in [2.24, 2.45) is 0 Å². The maximum absolute atomic E-state index is 12.9. The Balaban J connectivity index is 0.000000297. The number of quaternary nitrogens is 4. The molecule has 4 N–H and O–H groups in total. The van der Waals surface area contributed by atoms with Crippen LogP contribution in [0.2, 0.25) is 0 Å². The quantitative estimate of drug-likeness (QED) is 0.0119. The van der Waals surface area contributed by atoms with Gasteiger partial charge in [0.1, 0.15) is 128 Å². The summed E-state index contributed by atoms with van der Waals surface area (Å²) in [6.07, 6.45) is -2.01. The molecular weight excluding hydrogens is 1980 g/mol. The first-order chi connectivity index (χ1) is 65.1. The van der Waals surface area contributed by atoms with Gasteiger partial charge in [-0.2, -0.15) is 0 Å². The fourth-order valence-corrected chi connectivity index (χ4v) is 23.6. The Bertz CT molecular complexity index is 5220. The van der Waals surface area contributed by atoms with Gasteiger partial charge in [-0.05, 0) is 207 Å². The predicted molar refractivity (Wildman–Crippen MR) is 531 cm³/mol. The van der Waals surface area contributed by atoms with Gasteiger partial charge in [-0.15, -0.1) is 0 Å². The Morgan fingerprint density at radius 1 is 0.294 bits per heavy atom. The van der Waals surface area contributed by atoms with Gasteiger partial charge in [0.25, 0.3) is 0 Å². The van der Waals surface area contributed by atoms with E-state index in [1.54, 1.807) is 47.3 Å². The molecule has 1 aliphatic carbocycles. The van der Waals surface area contributed by atoms with Gasteiger partial charge in [-0.3, -0.25) is 0 Å². The number of aryl methyl sites for hydroxylation is 2. The summed E-state index contributed by atoms with van der Waals surface area (Å²) < 4.78 is 210. The predicted octanol–water partition coefficient (Wildman–Crippen LogP) is 10.3. The molecular formula is C102H132Cl2N4O21P2PdS4. The number of fused-ring (bicyclic) bond motifs is 8. The minimum absolute atomic E-state index is 0.00443. The van der Waals surface area contributed by atoms with Gasteiger partial charge in [-0.25, -0.2) is 33.7 Å². The van der Waals surface area contributed by atoms with E-state index in [0.29, 0.717) is 0 Å². The van der Waals surface area contributed by atoms with Crippen molar-refractivity contribution >= 4 is 107 Å². The molecule has 0 aromatic heterocycles. The summed E-state index contributed by atoms with van der Waals surface area (Å²) in [6, 6.07) is 59.9. The van der Waals surface area contributed by atoms with Gasteiger partial charge in [0.2, 0.25) is 0 Å². The summed E-state index contributed by atoms with van der Waals surface area (Å²) in [5.41, 5.74) is 7.57. The van der Waals surface area contributed by atoms with Crippen molar-refractivity contribution in [1.29, 1.82) is 0 Å². The Labute approximate surface area is 825 Å². The van der Waals surface area contributed by atoms with Crippen molar-refractivity contribution in [2.75, 3.05) is 132 Å². The topological polar surface area (TPSA) is 330 Å². The first-order valence-corrected chi connectivity index (χ1v) is 58.8. The van der Waals surface area contributed by atoms with Gasteiger partial charge in [0.05, 0.1) is 98.4 Å². The Kier molecular flexibility index (Phi) is 45.5. The molecule has 744 valence electrons. The average Bonchev–Trinajstić information content (AvgIpc) is 0.895. The van der Waals surface area contributed by atoms with Crippen molar-refractivity contribution in [1.82, 2.24) is 0 Å². The van der Waals surface area contributed by atoms with Gasteiger partial charge in [0.15, 0.2) is 0 Å².